The van der Waals surface area contributed by atoms with Crippen LogP contribution in [0.15, 0.2) is 54.1 Å². The molecule has 2 aliphatic carbocycles. The standard InChI is InChI=1S/C19H18/c1-19(2)17-10-6-5-9-15(17)16-11-13-7-3-4-8-14(13)12-18(16)19/h3-4,7-12H,5-6H2,1-2H3. The molecular formula is C19H18. The molecule has 94 valence electrons. The predicted molar refractivity (Wildman–Crippen MR) is 82.3 cm³/mol. The number of rotatable bonds is 0. The largest absolute Gasteiger partial charge is 0.0795 e. The SMILES string of the molecule is CC1(C)C2=CCCC=C2c2cc3ccccc3cc21. The van der Waals surface area contributed by atoms with Crippen LogP contribution in [0.2, 0.25) is 0 Å². The Bertz CT molecular complexity index is 742. The third kappa shape index (κ3) is 1.40. The molecule has 0 atom stereocenters. The van der Waals surface area contributed by atoms with Gasteiger partial charge in [0.15, 0.2) is 0 Å². The number of hydrogen-bond donors (Lipinski definition) is 0. The van der Waals surface area contributed by atoms with Gasteiger partial charge in [-0.2, -0.15) is 0 Å². The molecule has 0 heterocycles. The number of allylic oxidation sites excluding steroid dienone is 4. The maximum Gasteiger partial charge on any atom is 0.0155 e. The van der Waals surface area contributed by atoms with Crippen molar-refractivity contribution in [2.24, 2.45) is 0 Å². The molecule has 0 aromatic heterocycles. The van der Waals surface area contributed by atoms with E-state index in [1.54, 1.807) is 0 Å². The molecule has 0 radical (unpaired) electrons. The molecule has 0 fully saturated rings. The first-order chi connectivity index (χ1) is 9.18. The highest BCUT2D eigenvalue weighted by Gasteiger charge is 2.38. The fourth-order valence-electron chi connectivity index (χ4n) is 3.65. The highest BCUT2D eigenvalue weighted by molar-refractivity contribution is 5.96. The minimum atomic E-state index is 0.158. The van der Waals surface area contributed by atoms with Gasteiger partial charge >= 0.3 is 0 Å². The van der Waals surface area contributed by atoms with E-state index in [1.807, 2.05) is 0 Å². The molecule has 4 rings (SSSR count). The number of benzene rings is 2. The summed E-state index contributed by atoms with van der Waals surface area (Å²) in [5.41, 5.74) is 6.12. The van der Waals surface area contributed by atoms with E-state index in [2.05, 4.69) is 62.4 Å². The fourth-order valence-corrected chi connectivity index (χ4v) is 3.65. The van der Waals surface area contributed by atoms with Gasteiger partial charge in [0, 0.05) is 5.41 Å². The Labute approximate surface area is 114 Å². The van der Waals surface area contributed by atoms with Crippen molar-refractivity contribution in [2.45, 2.75) is 32.1 Å². The summed E-state index contributed by atoms with van der Waals surface area (Å²) in [6.07, 6.45) is 7.24. The maximum atomic E-state index is 2.44. The second-order valence-electron chi connectivity index (χ2n) is 6.18. The van der Waals surface area contributed by atoms with E-state index in [0.717, 1.165) is 0 Å². The Morgan fingerprint density at radius 1 is 0.895 bits per heavy atom. The number of hydrogen-bond acceptors (Lipinski definition) is 0. The molecule has 0 unspecified atom stereocenters. The average molecular weight is 246 g/mol. The zero-order valence-electron chi connectivity index (χ0n) is 11.5. The van der Waals surface area contributed by atoms with E-state index < -0.39 is 0 Å². The van der Waals surface area contributed by atoms with Crippen LogP contribution >= 0.6 is 0 Å². The monoisotopic (exact) mass is 246 g/mol. The van der Waals surface area contributed by atoms with Crippen LogP contribution < -0.4 is 0 Å². The molecule has 0 N–H and O–H groups in total. The summed E-state index contributed by atoms with van der Waals surface area (Å²) in [6, 6.07) is 13.5. The Morgan fingerprint density at radius 3 is 2.37 bits per heavy atom. The molecule has 0 saturated carbocycles. The van der Waals surface area contributed by atoms with Gasteiger partial charge < -0.3 is 0 Å². The van der Waals surface area contributed by atoms with Gasteiger partial charge in [-0.25, -0.2) is 0 Å². The van der Waals surface area contributed by atoms with Gasteiger partial charge in [0.05, 0.1) is 0 Å². The van der Waals surface area contributed by atoms with Crippen molar-refractivity contribution in [3.05, 3.63) is 65.3 Å². The fraction of sp³-hybridized carbons (Fsp3) is 0.263. The Hall–Kier alpha value is -1.82. The van der Waals surface area contributed by atoms with Gasteiger partial charge in [-0.15, -0.1) is 0 Å². The van der Waals surface area contributed by atoms with E-state index in [-0.39, 0.29) is 5.41 Å². The van der Waals surface area contributed by atoms with Gasteiger partial charge in [0.1, 0.15) is 0 Å². The summed E-state index contributed by atoms with van der Waals surface area (Å²) in [7, 11) is 0. The lowest BCUT2D eigenvalue weighted by Crippen LogP contribution is -2.15. The van der Waals surface area contributed by atoms with E-state index in [9.17, 15) is 0 Å². The highest BCUT2D eigenvalue weighted by atomic mass is 14.4. The van der Waals surface area contributed by atoms with Gasteiger partial charge in [-0.1, -0.05) is 50.3 Å². The Kier molecular flexibility index (Phi) is 2.09. The zero-order chi connectivity index (χ0) is 13.0. The van der Waals surface area contributed by atoms with E-state index in [4.69, 9.17) is 0 Å². The van der Waals surface area contributed by atoms with Crippen LogP contribution in [-0.4, -0.2) is 0 Å². The Balaban J connectivity index is 2.10. The minimum Gasteiger partial charge on any atom is -0.0795 e. The quantitative estimate of drug-likeness (QED) is 0.596. The van der Waals surface area contributed by atoms with Crippen molar-refractivity contribution in [2.75, 3.05) is 0 Å². The normalized spacial score (nSPS) is 19.7. The summed E-state index contributed by atoms with van der Waals surface area (Å²) in [4.78, 5) is 0. The second-order valence-corrected chi connectivity index (χ2v) is 6.18. The van der Waals surface area contributed by atoms with Crippen molar-refractivity contribution < 1.29 is 0 Å². The van der Waals surface area contributed by atoms with Gasteiger partial charge in [-0.05, 0) is 58.0 Å². The van der Waals surface area contributed by atoms with E-state index >= 15 is 0 Å². The minimum absolute atomic E-state index is 0.158. The van der Waals surface area contributed by atoms with Crippen molar-refractivity contribution in [1.29, 1.82) is 0 Å². The number of fused-ring (bicyclic) bond motifs is 4. The zero-order valence-corrected chi connectivity index (χ0v) is 11.5. The predicted octanol–water partition coefficient (Wildman–Crippen LogP) is 5.23. The molecule has 0 heteroatoms. The lowest BCUT2D eigenvalue weighted by Gasteiger charge is -2.23. The van der Waals surface area contributed by atoms with Crippen LogP contribution in [-0.2, 0) is 5.41 Å². The van der Waals surface area contributed by atoms with Crippen LogP contribution in [0, 0.1) is 0 Å². The molecule has 19 heavy (non-hydrogen) atoms. The van der Waals surface area contributed by atoms with E-state index in [0.29, 0.717) is 0 Å². The van der Waals surface area contributed by atoms with Crippen molar-refractivity contribution >= 4 is 16.3 Å². The lowest BCUT2D eigenvalue weighted by molar-refractivity contribution is 0.655. The van der Waals surface area contributed by atoms with Crippen LogP contribution in [0.4, 0.5) is 0 Å². The van der Waals surface area contributed by atoms with Gasteiger partial charge in [0.25, 0.3) is 0 Å². The third-order valence-electron chi connectivity index (χ3n) is 4.68. The molecular weight excluding hydrogens is 228 g/mol. The molecule has 2 aromatic rings. The smallest absolute Gasteiger partial charge is 0.0155 e. The average Bonchev–Trinajstić information content (AvgIpc) is 2.66. The third-order valence-corrected chi connectivity index (χ3v) is 4.68. The van der Waals surface area contributed by atoms with Crippen molar-refractivity contribution in [3.63, 3.8) is 0 Å². The van der Waals surface area contributed by atoms with Crippen LogP contribution in [0.5, 0.6) is 0 Å². The molecule has 0 aliphatic heterocycles. The summed E-state index contributed by atoms with van der Waals surface area (Å²) in [5, 5.41) is 2.71. The summed E-state index contributed by atoms with van der Waals surface area (Å²) < 4.78 is 0. The first kappa shape index (κ1) is 11.0. The second kappa shape index (κ2) is 3.60. The van der Waals surface area contributed by atoms with Gasteiger partial charge in [-0.3, -0.25) is 0 Å². The summed E-state index contributed by atoms with van der Waals surface area (Å²) in [5.74, 6) is 0. The topological polar surface area (TPSA) is 0 Å². The molecule has 0 saturated heterocycles. The van der Waals surface area contributed by atoms with Crippen molar-refractivity contribution in [3.8, 4) is 0 Å². The van der Waals surface area contributed by atoms with Gasteiger partial charge in [0.2, 0.25) is 0 Å². The summed E-state index contributed by atoms with van der Waals surface area (Å²) >= 11 is 0. The lowest BCUT2D eigenvalue weighted by atomic mass is 9.80. The Morgan fingerprint density at radius 2 is 1.58 bits per heavy atom. The first-order valence-electron chi connectivity index (χ1n) is 7.13. The molecule has 0 bridgehead atoms. The van der Waals surface area contributed by atoms with Crippen LogP contribution in [0.25, 0.3) is 16.3 Å². The molecule has 2 aliphatic rings. The van der Waals surface area contributed by atoms with E-state index in [1.165, 1.54) is 45.9 Å². The highest BCUT2D eigenvalue weighted by Crippen LogP contribution is 2.52. The van der Waals surface area contributed by atoms with Crippen LogP contribution in [0.1, 0.15) is 37.8 Å². The molecule has 2 aromatic carbocycles. The van der Waals surface area contributed by atoms with Crippen LogP contribution in [0.3, 0.4) is 0 Å². The molecule has 0 amide bonds. The van der Waals surface area contributed by atoms with Crippen molar-refractivity contribution in [1.82, 2.24) is 0 Å². The molecule has 0 nitrogen and oxygen atoms in total. The first-order valence-corrected chi connectivity index (χ1v) is 7.13. The molecule has 0 spiro atoms. The summed E-state index contributed by atoms with van der Waals surface area (Å²) in [6.45, 7) is 4.72. The maximum absolute atomic E-state index is 2.44.